The van der Waals surface area contributed by atoms with Gasteiger partial charge in [-0.25, -0.2) is 9.69 Å². The van der Waals surface area contributed by atoms with Crippen molar-refractivity contribution in [2.45, 2.75) is 25.7 Å². The van der Waals surface area contributed by atoms with Crippen molar-refractivity contribution in [2.75, 3.05) is 20.3 Å². The summed E-state index contributed by atoms with van der Waals surface area (Å²) in [6.07, 6.45) is 5.99. The van der Waals surface area contributed by atoms with Crippen LogP contribution in [0.25, 0.3) is 0 Å². The number of rotatable bonds is 6. The van der Waals surface area contributed by atoms with Crippen LogP contribution in [0.2, 0.25) is 0 Å². The van der Waals surface area contributed by atoms with E-state index in [0.717, 1.165) is 19.3 Å². The molecular weight excluding hydrogens is 210 g/mol. The first kappa shape index (κ1) is 12.5. The Labute approximate surface area is 95.0 Å². The maximum atomic E-state index is 11.5. The zero-order chi connectivity index (χ0) is 11.8. The number of ether oxygens (including phenoxy) is 2. The SMILES string of the molecule is CO/C=C/CCCCC(=O)N1CCOC1=O. The number of amides is 2. The highest BCUT2D eigenvalue weighted by Crippen LogP contribution is 2.09. The topological polar surface area (TPSA) is 55.8 Å². The van der Waals surface area contributed by atoms with Crippen molar-refractivity contribution in [3.05, 3.63) is 12.3 Å². The molecule has 0 aromatic carbocycles. The molecule has 1 heterocycles. The molecule has 0 unspecified atom stereocenters. The molecular formula is C11H17NO4. The third-order valence-corrected chi connectivity index (χ3v) is 2.31. The predicted octanol–water partition coefficient (Wildman–Crippen LogP) is 1.69. The molecule has 2 amide bonds. The molecule has 1 aliphatic heterocycles. The molecule has 1 saturated heterocycles. The Hall–Kier alpha value is -1.52. The summed E-state index contributed by atoms with van der Waals surface area (Å²) in [6, 6.07) is 0. The van der Waals surface area contributed by atoms with Crippen LogP contribution in [0.3, 0.4) is 0 Å². The Bertz CT molecular complexity index is 275. The van der Waals surface area contributed by atoms with E-state index in [2.05, 4.69) is 4.74 Å². The highest BCUT2D eigenvalue weighted by molar-refractivity contribution is 5.92. The van der Waals surface area contributed by atoms with Gasteiger partial charge in [0.15, 0.2) is 0 Å². The molecule has 5 heteroatoms. The fraction of sp³-hybridized carbons (Fsp3) is 0.636. The third kappa shape index (κ3) is 3.92. The third-order valence-electron chi connectivity index (χ3n) is 2.31. The zero-order valence-corrected chi connectivity index (χ0v) is 9.48. The number of hydrogen-bond donors (Lipinski definition) is 0. The molecule has 1 rings (SSSR count). The van der Waals surface area contributed by atoms with Crippen LogP contribution in [-0.4, -0.2) is 37.2 Å². The Kier molecular flexibility index (Phi) is 5.39. The van der Waals surface area contributed by atoms with Crippen LogP contribution < -0.4 is 0 Å². The van der Waals surface area contributed by atoms with Gasteiger partial charge < -0.3 is 9.47 Å². The minimum absolute atomic E-state index is 0.141. The summed E-state index contributed by atoms with van der Waals surface area (Å²) < 4.78 is 9.43. The standard InChI is InChI=1S/C11H17NO4/c1-15-8-5-3-2-4-6-10(13)12-7-9-16-11(12)14/h5,8H,2-4,6-7,9H2,1H3/b8-5+. The van der Waals surface area contributed by atoms with E-state index in [9.17, 15) is 9.59 Å². The lowest BCUT2D eigenvalue weighted by molar-refractivity contribution is -0.127. The van der Waals surface area contributed by atoms with Gasteiger partial charge in [0.25, 0.3) is 0 Å². The van der Waals surface area contributed by atoms with E-state index in [0.29, 0.717) is 19.6 Å². The fourth-order valence-electron chi connectivity index (χ4n) is 1.46. The number of carbonyl (C=O) groups excluding carboxylic acids is 2. The van der Waals surface area contributed by atoms with E-state index in [1.807, 2.05) is 6.08 Å². The second-order valence-corrected chi connectivity index (χ2v) is 3.51. The van der Waals surface area contributed by atoms with Crippen LogP contribution in [0.5, 0.6) is 0 Å². The van der Waals surface area contributed by atoms with Gasteiger partial charge in [-0.2, -0.15) is 0 Å². The molecule has 0 aromatic rings. The van der Waals surface area contributed by atoms with Gasteiger partial charge in [-0.3, -0.25) is 4.79 Å². The summed E-state index contributed by atoms with van der Waals surface area (Å²) in [5.74, 6) is -0.141. The molecule has 0 bridgehead atoms. The van der Waals surface area contributed by atoms with Gasteiger partial charge in [0.05, 0.1) is 19.9 Å². The summed E-state index contributed by atoms with van der Waals surface area (Å²) in [5, 5.41) is 0. The van der Waals surface area contributed by atoms with Crippen LogP contribution in [0.1, 0.15) is 25.7 Å². The molecule has 0 radical (unpaired) electrons. The van der Waals surface area contributed by atoms with Gasteiger partial charge in [0, 0.05) is 6.42 Å². The Morgan fingerprint density at radius 1 is 1.56 bits per heavy atom. The van der Waals surface area contributed by atoms with Gasteiger partial charge in [0.1, 0.15) is 6.61 Å². The van der Waals surface area contributed by atoms with Gasteiger partial charge in [-0.1, -0.05) is 0 Å². The summed E-state index contributed by atoms with van der Waals surface area (Å²) in [5.41, 5.74) is 0. The number of unbranched alkanes of at least 4 members (excludes halogenated alkanes) is 2. The van der Waals surface area contributed by atoms with E-state index in [1.54, 1.807) is 13.4 Å². The average Bonchev–Trinajstić information content (AvgIpc) is 2.69. The molecule has 0 aromatic heterocycles. The number of nitrogens with zero attached hydrogens (tertiary/aromatic N) is 1. The number of carbonyl (C=O) groups is 2. The zero-order valence-electron chi connectivity index (χ0n) is 9.48. The first-order valence-corrected chi connectivity index (χ1v) is 5.40. The van der Waals surface area contributed by atoms with E-state index < -0.39 is 6.09 Å². The largest absolute Gasteiger partial charge is 0.505 e. The van der Waals surface area contributed by atoms with Gasteiger partial charge in [-0.05, 0) is 25.3 Å². The van der Waals surface area contributed by atoms with Crippen molar-refractivity contribution in [2.24, 2.45) is 0 Å². The molecule has 1 aliphatic rings. The molecule has 5 nitrogen and oxygen atoms in total. The first-order chi connectivity index (χ1) is 7.75. The second kappa shape index (κ2) is 6.87. The van der Waals surface area contributed by atoms with Crippen LogP contribution in [0.4, 0.5) is 4.79 Å². The number of cyclic esters (lactones) is 1. The number of imide groups is 1. The highest BCUT2D eigenvalue weighted by Gasteiger charge is 2.27. The van der Waals surface area contributed by atoms with E-state index in [4.69, 9.17) is 4.74 Å². The van der Waals surface area contributed by atoms with Crippen LogP contribution >= 0.6 is 0 Å². The quantitative estimate of drug-likeness (QED) is 0.511. The predicted molar refractivity (Wildman–Crippen MR) is 57.7 cm³/mol. The second-order valence-electron chi connectivity index (χ2n) is 3.51. The Morgan fingerprint density at radius 2 is 2.38 bits per heavy atom. The number of hydrogen-bond acceptors (Lipinski definition) is 4. The van der Waals surface area contributed by atoms with Crippen molar-refractivity contribution in [1.29, 1.82) is 0 Å². The molecule has 90 valence electrons. The molecule has 0 N–H and O–H groups in total. The van der Waals surface area contributed by atoms with Crippen LogP contribution in [0, 0.1) is 0 Å². The molecule has 0 atom stereocenters. The van der Waals surface area contributed by atoms with E-state index in [1.165, 1.54) is 4.90 Å². The van der Waals surface area contributed by atoms with Crippen molar-refractivity contribution in [1.82, 2.24) is 4.90 Å². The normalized spacial score (nSPS) is 15.6. The fourth-order valence-corrected chi connectivity index (χ4v) is 1.46. The van der Waals surface area contributed by atoms with Crippen LogP contribution in [0.15, 0.2) is 12.3 Å². The summed E-state index contributed by atoms with van der Waals surface area (Å²) in [7, 11) is 1.60. The molecule has 0 spiro atoms. The van der Waals surface area contributed by atoms with Gasteiger partial charge in [0.2, 0.25) is 5.91 Å². The minimum Gasteiger partial charge on any atom is -0.505 e. The summed E-state index contributed by atoms with van der Waals surface area (Å²) in [4.78, 5) is 23.7. The van der Waals surface area contributed by atoms with E-state index >= 15 is 0 Å². The molecule has 0 saturated carbocycles. The van der Waals surface area contributed by atoms with Crippen molar-refractivity contribution in [3.63, 3.8) is 0 Å². The lowest BCUT2D eigenvalue weighted by Crippen LogP contribution is -2.31. The lowest BCUT2D eigenvalue weighted by Gasteiger charge is -2.09. The lowest BCUT2D eigenvalue weighted by atomic mass is 10.2. The maximum absolute atomic E-state index is 11.5. The minimum atomic E-state index is -0.510. The van der Waals surface area contributed by atoms with Gasteiger partial charge in [-0.15, -0.1) is 0 Å². The molecule has 1 fully saturated rings. The van der Waals surface area contributed by atoms with E-state index in [-0.39, 0.29) is 5.91 Å². The monoisotopic (exact) mass is 227 g/mol. The molecule has 16 heavy (non-hydrogen) atoms. The van der Waals surface area contributed by atoms with Crippen molar-refractivity contribution in [3.8, 4) is 0 Å². The Balaban J connectivity index is 2.10. The summed E-state index contributed by atoms with van der Waals surface area (Å²) in [6.45, 7) is 0.711. The number of methoxy groups -OCH3 is 1. The highest BCUT2D eigenvalue weighted by atomic mass is 16.6. The van der Waals surface area contributed by atoms with Crippen LogP contribution in [-0.2, 0) is 14.3 Å². The smallest absolute Gasteiger partial charge is 0.416 e. The molecule has 0 aliphatic carbocycles. The van der Waals surface area contributed by atoms with Gasteiger partial charge >= 0.3 is 6.09 Å². The number of allylic oxidation sites excluding steroid dienone is 1. The maximum Gasteiger partial charge on any atom is 0.416 e. The summed E-state index contributed by atoms with van der Waals surface area (Å²) >= 11 is 0. The first-order valence-electron chi connectivity index (χ1n) is 5.40. The van der Waals surface area contributed by atoms with Crippen molar-refractivity contribution < 1.29 is 19.1 Å². The Morgan fingerprint density at radius 3 is 3.00 bits per heavy atom. The van der Waals surface area contributed by atoms with Crippen molar-refractivity contribution >= 4 is 12.0 Å². The average molecular weight is 227 g/mol.